The third kappa shape index (κ3) is 3.07. The third-order valence-corrected chi connectivity index (χ3v) is 2.61. The summed E-state index contributed by atoms with van der Waals surface area (Å²) in [6, 6.07) is 6.27. The number of nitrogens with two attached hydrogens (primary N) is 1. The van der Waals surface area contributed by atoms with Gasteiger partial charge in [-0.2, -0.15) is 5.10 Å². The molecule has 1 aromatic heterocycles. The van der Waals surface area contributed by atoms with E-state index >= 15 is 0 Å². The quantitative estimate of drug-likeness (QED) is 0.883. The summed E-state index contributed by atoms with van der Waals surface area (Å²) in [7, 11) is 0. The van der Waals surface area contributed by atoms with Crippen molar-refractivity contribution in [3.05, 3.63) is 48.0 Å². The van der Waals surface area contributed by atoms with Crippen molar-refractivity contribution in [1.82, 2.24) is 9.78 Å². The highest BCUT2D eigenvalue weighted by molar-refractivity contribution is 5.30. The van der Waals surface area contributed by atoms with Crippen molar-refractivity contribution < 1.29 is 9.13 Å². The topological polar surface area (TPSA) is 53.1 Å². The SMILES string of the molecule is C[C@H](N)c1ccc(OCCn2cccn2)cc1F. The molecule has 0 aliphatic heterocycles. The molecule has 5 heteroatoms. The van der Waals surface area contributed by atoms with Crippen LogP contribution in [0, 0.1) is 5.82 Å². The largest absolute Gasteiger partial charge is 0.492 e. The standard InChI is InChI=1S/C13H16FN3O/c1-10(15)12-4-3-11(9-13(12)14)18-8-7-17-6-2-5-16-17/h2-6,9-10H,7-8,15H2,1H3/t10-/m0/s1. The molecule has 18 heavy (non-hydrogen) atoms. The molecular weight excluding hydrogens is 233 g/mol. The molecule has 0 saturated carbocycles. The number of hydrogen-bond donors (Lipinski definition) is 1. The van der Waals surface area contributed by atoms with Crippen LogP contribution in [0.3, 0.4) is 0 Å². The number of hydrogen-bond acceptors (Lipinski definition) is 3. The highest BCUT2D eigenvalue weighted by Gasteiger charge is 2.07. The predicted octanol–water partition coefficient (Wildman–Crippen LogP) is 2.12. The normalized spacial score (nSPS) is 12.4. The molecule has 96 valence electrons. The minimum atomic E-state index is -0.332. The summed E-state index contributed by atoms with van der Waals surface area (Å²) in [5, 5.41) is 4.05. The fraction of sp³-hybridized carbons (Fsp3) is 0.308. The van der Waals surface area contributed by atoms with Gasteiger partial charge in [-0.05, 0) is 19.1 Å². The first-order valence-corrected chi connectivity index (χ1v) is 5.82. The van der Waals surface area contributed by atoms with Crippen molar-refractivity contribution in [3.8, 4) is 5.75 Å². The average molecular weight is 249 g/mol. The Hall–Kier alpha value is -1.88. The zero-order valence-electron chi connectivity index (χ0n) is 10.2. The van der Waals surface area contributed by atoms with Crippen LogP contribution in [0.15, 0.2) is 36.7 Å². The summed E-state index contributed by atoms with van der Waals surface area (Å²) < 4.78 is 20.8. The Bertz CT molecular complexity index is 497. The van der Waals surface area contributed by atoms with Crippen LogP contribution in [0.4, 0.5) is 4.39 Å². The Kier molecular flexibility index (Phi) is 3.94. The summed E-state index contributed by atoms with van der Waals surface area (Å²) >= 11 is 0. The molecule has 0 unspecified atom stereocenters. The van der Waals surface area contributed by atoms with Crippen molar-refractivity contribution in [2.75, 3.05) is 6.61 Å². The molecule has 0 aliphatic rings. The smallest absolute Gasteiger partial charge is 0.131 e. The molecular formula is C13H16FN3O. The maximum absolute atomic E-state index is 13.6. The first kappa shape index (κ1) is 12.6. The Balaban J connectivity index is 1.92. The fourth-order valence-corrected chi connectivity index (χ4v) is 1.66. The summed E-state index contributed by atoms with van der Waals surface area (Å²) in [6.07, 6.45) is 3.56. The average Bonchev–Trinajstić information content (AvgIpc) is 2.81. The van der Waals surface area contributed by atoms with Crippen molar-refractivity contribution in [1.29, 1.82) is 0 Å². The van der Waals surface area contributed by atoms with E-state index in [1.165, 1.54) is 6.07 Å². The number of rotatable bonds is 5. The van der Waals surface area contributed by atoms with Gasteiger partial charge in [0.05, 0.1) is 6.54 Å². The van der Waals surface area contributed by atoms with Crippen molar-refractivity contribution in [2.24, 2.45) is 5.73 Å². The monoisotopic (exact) mass is 249 g/mol. The molecule has 0 radical (unpaired) electrons. The molecule has 0 spiro atoms. The van der Waals surface area contributed by atoms with Gasteiger partial charge in [-0.15, -0.1) is 0 Å². The minimum absolute atomic E-state index is 0.317. The minimum Gasteiger partial charge on any atom is -0.492 e. The van der Waals surface area contributed by atoms with E-state index in [0.717, 1.165) is 0 Å². The summed E-state index contributed by atoms with van der Waals surface area (Å²) in [5.41, 5.74) is 6.13. The zero-order valence-corrected chi connectivity index (χ0v) is 10.2. The van der Waals surface area contributed by atoms with Crippen LogP contribution < -0.4 is 10.5 Å². The molecule has 4 nitrogen and oxygen atoms in total. The summed E-state index contributed by atoms with van der Waals surface area (Å²) in [6.45, 7) is 2.82. The van der Waals surface area contributed by atoms with Crippen LogP contribution in [-0.4, -0.2) is 16.4 Å². The van der Waals surface area contributed by atoms with E-state index in [0.29, 0.717) is 24.5 Å². The van der Waals surface area contributed by atoms with Gasteiger partial charge in [0, 0.05) is 30.1 Å². The van der Waals surface area contributed by atoms with E-state index in [-0.39, 0.29) is 11.9 Å². The highest BCUT2D eigenvalue weighted by atomic mass is 19.1. The second-order valence-electron chi connectivity index (χ2n) is 4.09. The van der Waals surface area contributed by atoms with Crippen LogP contribution in [-0.2, 0) is 6.54 Å². The van der Waals surface area contributed by atoms with E-state index in [1.54, 1.807) is 29.9 Å². The summed E-state index contributed by atoms with van der Waals surface area (Å²) in [5.74, 6) is 0.172. The van der Waals surface area contributed by atoms with E-state index in [4.69, 9.17) is 10.5 Å². The Morgan fingerprint density at radius 2 is 2.33 bits per heavy atom. The van der Waals surface area contributed by atoms with Crippen LogP contribution in [0.25, 0.3) is 0 Å². The number of benzene rings is 1. The lowest BCUT2D eigenvalue weighted by molar-refractivity contribution is 0.290. The van der Waals surface area contributed by atoms with E-state index in [1.807, 2.05) is 12.3 Å². The summed E-state index contributed by atoms with van der Waals surface area (Å²) in [4.78, 5) is 0. The number of aromatic nitrogens is 2. The van der Waals surface area contributed by atoms with Gasteiger partial charge in [0.1, 0.15) is 18.2 Å². The van der Waals surface area contributed by atoms with Gasteiger partial charge >= 0.3 is 0 Å². The molecule has 1 heterocycles. The van der Waals surface area contributed by atoms with E-state index in [9.17, 15) is 4.39 Å². The van der Waals surface area contributed by atoms with Crippen molar-refractivity contribution in [2.45, 2.75) is 19.5 Å². The van der Waals surface area contributed by atoms with Gasteiger partial charge in [0.15, 0.2) is 0 Å². The Labute approximate surface area is 105 Å². The second kappa shape index (κ2) is 5.64. The molecule has 0 saturated heterocycles. The molecule has 1 atom stereocenters. The van der Waals surface area contributed by atoms with Crippen LogP contribution >= 0.6 is 0 Å². The number of nitrogens with zero attached hydrogens (tertiary/aromatic N) is 2. The van der Waals surface area contributed by atoms with Gasteiger partial charge < -0.3 is 10.5 Å². The van der Waals surface area contributed by atoms with Crippen LogP contribution in [0.5, 0.6) is 5.75 Å². The van der Waals surface area contributed by atoms with Crippen LogP contribution in [0.2, 0.25) is 0 Å². The lowest BCUT2D eigenvalue weighted by Gasteiger charge is -2.10. The zero-order chi connectivity index (χ0) is 13.0. The van der Waals surface area contributed by atoms with E-state index in [2.05, 4.69) is 5.10 Å². The highest BCUT2D eigenvalue weighted by Crippen LogP contribution is 2.20. The third-order valence-electron chi connectivity index (χ3n) is 2.61. The Morgan fingerprint density at radius 1 is 1.50 bits per heavy atom. The van der Waals surface area contributed by atoms with E-state index < -0.39 is 0 Å². The first-order chi connectivity index (χ1) is 8.66. The number of ether oxygens (including phenoxy) is 1. The maximum Gasteiger partial charge on any atom is 0.131 e. The molecule has 2 rings (SSSR count). The predicted molar refractivity (Wildman–Crippen MR) is 66.7 cm³/mol. The van der Waals surface area contributed by atoms with Gasteiger partial charge in [-0.25, -0.2) is 4.39 Å². The lowest BCUT2D eigenvalue weighted by Crippen LogP contribution is -2.10. The van der Waals surface area contributed by atoms with Crippen LogP contribution in [0.1, 0.15) is 18.5 Å². The first-order valence-electron chi connectivity index (χ1n) is 5.82. The molecule has 0 aliphatic carbocycles. The molecule has 2 N–H and O–H groups in total. The lowest BCUT2D eigenvalue weighted by atomic mass is 10.1. The van der Waals surface area contributed by atoms with Gasteiger partial charge in [0.25, 0.3) is 0 Å². The number of halogens is 1. The molecule has 2 aromatic rings. The molecule has 0 fully saturated rings. The molecule has 0 amide bonds. The van der Waals surface area contributed by atoms with Gasteiger partial charge in [-0.1, -0.05) is 6.07 Å². The van der Waals surface area contributed by atoms with Gasteiger partial charge in [-0.3, -0.25) is 4.68 Å². The second-order valence-corrected chi connectivity index (χ2v) is 4.09. The Morgan fingerprint density at radius 3 is 2.94 bits per heavy atom. The van der Waals surface area contributed by atoms with Gasteiger partial charge in [0.2, 0.25) is 0 Å². The maximum atomic E-state index is 13.6. The van der Waals surface area contributed by atoms with Crippen molar-refractivity contribution in [3.63, 3.8) is 0 Å². The van der Waals surface area contributed by atoms with Crippen molar-refractivity contribution >= 4 is 0 Å². The molecule has 0 bridgehead atoms. The fourth-order valence-electron chi connectivity index (χ4n) is 1.66. The molecule has 1 aromatic carbocycles.